The highest BCUT2D eigenvalue weighted by atomic mass is 79.9. The van der Waals surface area contributed by atoms with Gasteiger partial charge in [0.2, 0.25) is 0 Å². The Kier molecular flexibility index (Phi) is 3.98. The van der Waals surface area contributed by atoms with Crippen LogP contribution < -0.4 is 10.3 Å². The molecule has 0 unspecified atom stereocenters. The summed E-state index contributed by atoms with van der Waals surface area (Å²) in [4.78, 5) is 19.5. The van der Waals surface area contributed by atoms with Crippen LogP contribution in [0.4, 0.5) is 0 Å². The van der Waals surface area contributed by atoms with Gasteiger partial charge in [-0.25, -0.2) is 4.98 Å². The van der Waals surface area contributed by atoms with Crippen LogP contribution in [0, 0.1) is 0 Å². The van der Waals surface area contributed by atoms with E-state index in [0.717, 1.165) is 15.8 Å². The molecule has 0 aliphatic heterocycles. The number of ether oxygens (including phenoxy) is 1. The quantitative estimate of drug-likeness (QED) is 0.765. The van der Waals surface area contributed by atoms with Gasteiger partial charge >= 0.3 is 0 Å². The first-order chi connectivity index (χ1) is 10.5. The molecule has 0 amide bonds. The fraction of sp³-hybridized carbons (Fsp3) is 0.176. The number of benzene rings is 2. The summed E-state index contributed by atoms with van der Waals surface area (Å²) in [6.07, 6.45) is 0.0650. The van der Waals surface area contributed by atoms with E-state index in [0.29, 0.717) is 16.7 Å². The van der Waals surface area contributed by atoms with Crippen molar-refractivity contribution in [3.8, 4) is 17.1 Å². The molecule has 0 aliphatic carbocycles. The van der Waals surface area contributed by atoms with E-state index in [4.69, 9.17) is 4.74 Å². The Morgan fingerprint density at radius 3 is 2.73 bits per heavy atom. The van der Waals surface area contributed by atoms with Gasteiger partial charge in [0, 0.05) is 5.56 Å². The second-order valence-electron chi connectivity index (χ2n) is 5.24. The molecule has 1 N–H and O–H groups in total. The zero-order chi connectivity index (χ0) is 15.7. The molecule has 5 heteroatoms. The van der Waals surface area contributed by atoms with Crippen molar-refractivity contribution >= 4 is 26.8 Å². The molecule has 0 atom stereocenters. The normalized spacial score (nSPS) is 11.1. The molecule has 0 saturated heterocycles. The number of aromatic amines is 1. The van der Waals surface area contributed by atoms with Crippen molar-refractivity contribution in [2.75, 3.05) is 0 Å². The summed E-state index contributed by atoms with van der Waals surface area (Å²) in [5, 5.41) is 0.585. The fourth-order valence-electron chi connectivity index (χ4n) is 2.22. The van der Waals surface area contributed by atoms with E-state index in [1.54, 1.807) is 6.07 Å². The summed E-state index contributed by atoms with van der Waals surface area (Å²) in [6.45, 7) is 3.94. The average Bonchev–Trinajstić information content (AvgIpc) is 2.49. The first-order valence-electron chi connectivity index (χ1n) is 7.00. The van der Waals surface area contributed by atoms with Gasteiger partial charge in [0.15, 0.2) is 0 Å². The van der Waals surface area contributed by atoms with Crippen molar-refractivity contribution in [3.63, 3.8) is 0 Å². The molecule has 2 aromatic carbocycles. The second kappa shape index (κ2) is 5.93. The van der Waals surface area contributed by atoms with Gasteiger partial charge < -0.3 is 9.72 Å². The second-order valence-corrected chi connectivity index (χ2v) is 6.10. The van der Waals surface area contributed by atoms with Gasteiger partial charge in [0.25, 0.3) is 5.56 Å². The summed E-state index contributed by atoms with van der Waals surface area (Å²) >= 11 is 3.47. The number of hydrogen-bond acceptors (Lipinski definition) is 3. The summed E-state index contributed by atoms with van der Waals surface area (Å²) in [7, 11) is 0. The maximum Gasteiger partial charge on any atom is 0.259 e. The Morgan fingerprint density at radius 2 is 1.95 bits per heavy atom. The third kappa shape index (κ3) is 2.90. The molecule has 0 aliphatic rings. The molecule has 1 aromatic heterocycles. The van der Waals surface area contributed by atoms with Crippen LogP contribution in [0.3, 0.4) is 0 Å². The van der Waals surface area contributed by atoms with Crippen LogP contribution in [0.15, 0.2) is 51.7 Å². The lowest BCUT2D eigenvalue weighted by Crippen LogP contribution is -2.10. The van der Waals surface area contributed by atoms with Gasteiger partial charge in [-0.05, 0) is 60.1 Å². The minimum absolute atomic E-state index is 0.0650. The SMILES string of the molecule is CC(C)Oc1cc(-c2nc3ccccc3c(=O)[nH]2)ccc1Br. The molecule has 112 valence electrons. The summed E-state index contributed by atoms with van der Waals surface area (Å²) in [5.41, 5.74) is 1.34. The molecular formula is C17H15BrN2O2. The van der Waals surface area contributed by atoms with E-state index in [1.165, 1.54) is 0 Å². The number of nitrogens with one attached hydrogen (secondary N) is 1. The van der Waals surface area contributed by atoms with Crippen LogP contribution >= 0.6 is 15.9 Å². The van der Waals surface area contributed by atoms with Crippen molar-refractivity contribution in [3.05, 3.63) is 57.3 Å². The average molecular weight is 359 g/mol. The monoisotopic (exact) mass is 358 g/mol. The van der Waals surface area contributed by atoms with Gasteiger partial charge in [-0.1, -0.05) is 12.1 Å². The summed E-state index contributed by atoms with van der Waals surface area (Å²) in [6, 6.07) is 12.9. The van der Waals surface area contributed by atoms with Crippen molar-refractivity contribution in [1.82, 2.24) is 9.97 Å². The van der Waals surface area contributed by atoms with Crippen molar-refractivity contribution in [2.45, 2.75) is 20.0 Å². The van der Waals surface area contributed by atoms with Gasteiger partial charge in [0.05, 0.1) is 21.5 Å². The number of hydrogen-bond donors (Lipinski definition) is 1. The lowest BCUT2D eigenvalue weighted by Gasteiger charge is -2.13. The van der Waals surface area contributed by atoms with E-state index in [-0.39, 0.29) is 11.7 Å². The topological polar surface area (TPSA) is 55.0 Å². The maximum atomic E-state index is 12.2. The predicted octanol–water partition coefficient (Wildman–Crippen LogP) is 4.14. The molecule has 0 radical (unpaired) electrons. The van der Waals surface area contributed by atoms with Gasteiger partial charge in [-0.3, -0.25) is 4.79 Å². The van der Waals surface area contributed by atoms with Crippen molar-refractivity contribution < 1.29 is 4.74 Å². The number of rotatable bonds is 3. The minimum Gasteiger partial charge on any atom is -0.490 e. The number of fused-ring (bicyclic) bond motifs is 1. The van der Waals surface area contributed by atoms with E-state index in [1.807, 2.05) is 50.2 Å². The van der Waals surface area contributed by atoms with Gasteiger partial charge in [0.1, 0.15) is 11.6 Å². The molecule has 3 aromatic rings. The molecule has 0 spiro atoms. The summed E-state index contributed by atoms with van der Waals surface area (Å²) < 4.78 is 6.63. The predicted molar refractivity (Wildman–Crippen MR) is 91.3 cm³/mol. The molecule has 3 rings (SSSR count). The number of H-pyrrole nitrogens is 1. The van der Waals surface area contributed by atoms with Crippen molar-refractivity contribution in [1.29, 1.82) is 0 Å². The molecule has 1 heterocycles. The fourth-order valence-corrected chi connectivity index (χ4v) is 2.56. The first-order valence-corrected chi connectivity index (χ1v) is 7.79. The molecular weight excluding hydrogens is 344 g/mol. The third-order valence-electron chi connectivity index (χ3n) is 3.18. The molecule has 4 nitrogen and oxygen atoms in total. The Labute approximate surface area is 136 Å². The van der Waals surface area contributed by atoms with Crippen LogP contribution in [-0.4, -0.2) is 16.1 Å². The van der Waals surface area contributed by atoms with E-state index in [9.17, 15) is 4.79 Å². The zero-order valence-electron chi connectivity index (χ0n) is 12.3. The zero-order valence-corrected chi connectivity index (χ0v) is 13.8. The number of nitrogens with zero attached hydrogens (tertiary/aromatic N) is 1. The molecule has 0 fully saturated rings. The smallest absolute Gasteiger partial charge is 0.259 e. The van der Waals surface area contributed by atoms with E-state index < -0.39 is 0 Å². The highest BCUT2D eigenvalue weighted by Gasteiger charge is 2.10. The van der Waals surface area contributed by atoms with E-state index in [2.05, 4.69) is 25.9 Å². The number of aromatic nitrogens is 2. The lowest BCUT2D eigenvalue weighted by atomic mass is 10.2. The Morgan fingerprint density at radius 1 is 1.18 bits per heavy atom. The van der Waals surface area contributed by atoms with Crippen LogP contribution in [-0.2, 0) is 0 Å². The Balaban J connectivity index is 2.13. The number of para-hydroxylation sites is 1. The van der Waals surface area contributed by atoms with Gasteiger partial charge in [-0.2, -0.15) is 0 Å². The van der Waals surface area contributed by atoms with Gasteiger partial charge in [-0.15, -0.1) is 0 Å². The summed E-state index contributed by atoms with van der Waals surface area (Å²) in [5.74, 6) is 1.26. The van der Waals surface area contributed by atoms with Crippen LogP contribution in [0.1, 0.15) is 13.8 Å². The maximum absolute atomic E-state index is 12.2. The molecule has 22 heavy (non-hydrogen) atoms. The van der Waals surface area contributed by atoms with Crippen LogP contribution in [0.25, 0.3) is 22.3 Å². The minimum atomic E-state index is -0.144. The lowest BCUT2D eigenvalue weighted by molar-refractivity contribution is 0.241. The third-order valence-corrected chi connectivity index (χ3v) is 3.84. The highest BCUT2D eigenvalue weighted by Crippen LogP contribution is 2.30. The first kappa shape index (κ1) is 14.8. The molecule has 0 saturated carbocycles. The van der Waals surface area contributed by atoms with Crippen LogP contribution in [0.2, 0.25) is 0 Å². The molecule has 0 bridgehead atoms. The Hall–Kier alpha value is -2.14. The van der Waals surface area contributed by atoms with E-state index >= 15 is 0 Å². The Bertz CT molecular complexity index is 887. The van der Waals surface area contributed by atoms with Crippen molar-refractivity contribution in [2.24, 2.45) is 0 Å². The highest BCUT2D eigenvalue weighted by molar-refractivity contribution is 9.10. The van der Waals surface area contributed by atoms with Crippen LogP contribution in [0.5, 0.6) is 5.75 Å². The standard InChI is InChI=1S/C17H15BrN2O2/c1-10(2)22-15-9-11(7-8-13(15)18)16-19-14-6-4-3-5-12(14)17(21)20-16/h3-10H,1-2H3,(H,19,20,21). The largest absolute Gasteiger partial charge is 0.490 e. The number of halogens is 1.